The summed E-state index contributed by atoms with van der Waals surface area (Å²) in [6, 6.07) is 11.8. The standard InChI is InChI=1S/C18H20FN3O3S.ClH/c19-16-5-7-17(8-6-16)26(24,25)22-11-9-21(10-12-22)18(23)15-3-1-14(13-20)2-4-15;/h1-8H,9-13,20H2;1H. The van der Waals surface area contributed by atoms with Crippen LogP contribution in [0, 0.1) is 5.82 Å². The molecule has 0 aromatic heterocycles. The monoisotopic (exact) mass is 413 g/mol. The molecule has 0 saturated carbocycles. The van der Waals surface area contributed by atoms with E-state index in [4.69, 9.17) is 5.73 Å². The van der Waals surface area contributed by atoms with E-state index in [1.807, 2.05) is 12.1 Å². The largest absolute Gasteiger partial charge is 0.336 e. The zero-order chi connectivity index (χ0) is 18.7. The number of nitrogens with zero attached hydrogens (tertiary/aromatic N) is 2. The third kappa shape index (κ3) is 4.65. The molecular formula is C18H21ClFN3O3S. The van der Waals surface area contributed by atoms with Crippen molar-refractivity contribution in [2.75, 3.05) is 26.2 Å². The normalized spacial score (nSPS) is 15.3. The number of amides is 1. The number of hydrogen-bond donors (Lipinski definition) is 1. The van der Waals surface area contributed by atoms with Gasteiger partial charge in [0.1, 0.15) is 5.82 Å². The molecule has 27 heavy (non-hydrogen) atoms. The Balaban J connectivity index is 0.00000261. The summed E-state index contributed by atoms with van der Waals surface area (Å²) in [5.74, 6) is -0.618. The highest BCUT2D eigenvalue weighted by Crippen LogP contribution is 2.19. The van der Waals surface area contributed by atoms with Crippen LogP contribution in [0.4, 0.5) is 4.39 Å². The van der Waals surface area contributed by atoms with Crippen LogP contribution in [0.5, 0.6) is 0 Å². The van der Waals surface area contributed by atoms with E-state index in [0.29, 0.717) is 25.2 Å². The zero-order valence-electron chi connectivity index (χ0n) is 14.5. The van der Waals surface area contributed by atoms with Crippen LogP contribution in [0.1, 0.15) is 15.9 Å². The molecule has 2 N–H and O–H groups in total. The van der Waals surface area contributed by atoms with Gasteiger partial charge in [0.2, 0.25) is 10.0 Å². The van der Waals surface area contributed by atoms with Gasteiger partial charge in [-0.05, 0) is 42.0 Å². The molecule has 0 spiro atoms. The lowest BCUT2D eigenvalue weighted by Crippen LogP contribution is -2.50. The van der Waals surface area contributed by atoms with Gasteiger partial charge in [0.25, 0.3) is 5.91 Å². The van der Waals surface area contributed by atoms with E-state index in [9.17, 15) is 17.6 Å². The lowest BCUT2D eigenvalue weighted by Gasteiger charge is -2.34. The fraction of sp³-hybridized carbons (Fsp3) is 0.278. The third-order valence-electron chi connectivity index (χ3n) is 4.41. The number of rotatable bonds is 4. The van der Waals surface area contributed by atoms with E-state index >= 15 is 0 Å². The predicted octanol–water partition coefficient (Wildman–Crippen LogP) is 1.85. The van der Waals surface area contributed by atoms with Crippen LogP contribution < -0.4 is 5.73 Å². The van der Waals surface area contributed by atoms with E-state index in [-0.39, 0.29) is 36.3 Å². The lowest BCUT2D eigenvalue weighted by atomic mass is 10.1. The highest BCUT2D eigenvalue weighted by molar-refractivity contribution is 7.89. The Morgan fingerprint density at radius 2 is 1.52 bits per heavy atom. The van der Waals surface area contributed by atoms with Crippen molar-refractivity contribution in [3.8, 4) is 0 Å². The minimum Gasteiger partial charge on any atom is -0.336 e. The Hall–Kier alpha value is -2.00. The summed E-state index contributed by atoms with van der Waals surface area (Å²) < 4.78 is 39.5. The van der Waals surface area contributed by atoms with Crippen LogP contribution in [0.3, 0.4) is 0 Å². The second kappa shape index (κ2) is 8.79. The number of benzene rings is 2. The SMILES string of the molecule is Cl.NCc1ccc(C(=O)N2CCN(S(=O)(=O)c3ccc(F)cc3)CC2)cc1. The van der Waals surface area contributed by atoms with Crippen molar-refractivity contribution in [3.05, 3.63) is 65.5 Å². The molecule has 1 fully saturated rings. The first-order chi connectivity index (χ1) is 12.4. The summed E-state index contributed by atoms with van der Waals surface area (Å²) >= 11 is 0. The summed E-state index contributed by atoms with van der Waals surface area (Å²) in [5.41, 5.74) is 7.05. The smallest absolute Gasteiger partial charge is 0.253 e. The maximum atomic E-state index is 13.0. The van der Waals surface area contributed by atoms with Crippen LogP contribution in [0.2, 0.25) is 0 Å². The molecule has 1 aliphatic heterocycles. The van der Waals surface area contributed by atoms with Gasteiger partial charge in [0.15, 0.2) is 0 Å². The van der Waals surface area contributed by atoms with E-state index < -0.39 is 15.8 Å². The van der Waals surface area contributed by atoms with E-state index in [0.717, 1.165) is 17.7 Å². The van der Waals surface area contributed by atoms with Crippen molar-refractivity contribution in [2.24, 2.45) is 5.73 Å². The highest BCUT2D eigenvalue weighted by Gasteiger charge is 2.30. The number of carbonyl (C=O) groups is 1. The quantitative estimate of drug-likeness (QED) is 0.829. The number of sulfonamides is 1. The number of carbonyl (C=O) groups excluding carboxylic acids is 1. The molecule has 2 aromatic rings. The molecule has 6 nitrogen and oxygen atoms in total. The molecule has 1 amide bonds. The van der Waals surface area contributed by atoms with E-state index in [1.54, 1.807) is 17.0 Å². The molecule has 3 rings (SSSR count). The van der Waals surface area contributed by atoms with Crippen molar-refractivity contribution in [1.82, 2.24) is 9.21 Å². The second-order valence-corrected chi connectivity index (χ2v) is 7.99. The Morgan fingerprint density at radius 1 is 0.963 bits per heavy atom. The minimum absolute atomic E-state index is 0. The van der Waals surface area contributed by atoms with Crippen LogP contribution in [-0.4, -0.2) is 49.7 Å². The molecule has 1 aliphatic rings. The molecule has 0 atom stereocenters. The van der Waals surface area contributed by atoms with Crippen LogP contribution >= 0.6 is 12.4 Å². The minimum atomic E-state index is -3.69. The fourth-order valence-electron chi connectivity index (χ4n) is 2.85. The number of nitrogens with two attached hydrogens (primary N) is 1. The van der Waals surface area contributed by atoms with Gasteiger partial charge in [0.05, 0.1) is 4.90 Å². The first-order valence-electron chi connectivity index (χ1n) is 8.26. The first kappa shape index (κ1) is 21.3. The maximum absolute atomic E-state index is 13.0. The summed E-state index contributed by atoms with van der Waals surface area (Å²) in [5, 5.41) is 0. The lowest BCUT2D eigenvalue weighted by molar-refractivity contribution is 0.0698. The number of piperazine rings is 1. The van der Waals surface area contributed by atoms with Gasteiger partial charge in [-0.25, -0.2) is 12.8 Å². The molecule has 0 bridgehead atoms. The average Bonchev–Trinajstić information content (AvgIpc) is 2.68. The van der Waals surface area contributed by atoms with Gasteiger partial charge in [-0.1, -0.05) is 12.1 Å². The second-order valence-electron chi connectivity index (χ2n) is 6.05. The van der Waals surface area contributed by atoms with Gasteiger partial charge in [-0.15, -0.1) is 12.4 Å². The maximum Gasteiger partial charge on any atom is 0.253 e. The van der Waals surface area contributed by atoms with E-state index in [2.05, 4.69) is 0 Å². The fourth-order valence-corrected chi connectivity index (χ4v) is 4.28. The summed E-state index contributed by atoms with van der Waals surface area (Å²) in [4.78, 5) is 14.2. The molecule has 0 unspecified atom stereocenters. The summed E-state index contributed by atoms with van der Waals surface area (Å²) in [6.07, 6.45) is 0. The zero-order valence-corrected chi connectivity index (χ0v) is 16.2. The topological polar surface area (TPSA) is 83.7 Å². The van der Waals surface area contributed by atoms with Crippen LogP contribution in [0.15, 0.2) is 53.4 Å². The van der Waals surface area contributed by atoms with E-state index in [1.165, 1.54) is 16.4 Å². The predicted molar refractivity (Wildman–Crippen MR) is 103 cm³/mol. The van der Waals surface area contributed by atoms with Crippen LogP contribution in [0.25, 0.3) is 0 Å². The molecule has 9 heteroatoms. The molecule has 2 aromatic carbocycles. The van der Waals surface area contributed by atoms with Crippen molar-refractivity contribution in [2.45, 2.75) is 11.4 Å². The Morgan fingerprint density at radius 3 is 2.04 bits per heavy atom. The molecule has 146 valence electrons. The average molecular weight is 414 g/mol. The molecular weight excluding hydrogens is 393 g/mol. The molecule has 1 saturated heterocycles. The summed E-state index contributed by atoms with van der Waals surface area (Å²) in [7, 11) is -3.69. The Bertz CT molecular complexity index is 881. The van der Waals surface area contributed by atoms with Gasteiger partial charge < -0.3 is 10.6 Å². The third-order valence-corrected chi connectivity index (χ3v) is 6.33. The molecule has 0 aliphatic carbocycles. The Labute approximate surface area is 164 Å². The Kier molecular flexibility index (Phi) is 6.94. The van der Waals surface area contributed by atoms with Gasteiger partial charge in [-0.2, -0.15) is 4.31 Å². The number of halogens is 2. The first-order valence-corrected chi connectivity index (χ1v) is 9.70. The number of hydrogen-bond acceptors (Lipinski definition) is 4. The van der Waals surface area contributed by atoms with Crippen LogP contribution in [-0.2, 0) is 16.6 Å². The molecule has 1 heterocycles. The molecule has 0 radical (unpaired) electrons. The van der Waals surface area contributed by atoms with Gasteiger partial charge >= 0.3 is 0 Å². The van der Waals surface area contributed by atoms with Crippen molar-refractivity contribution >= 4 is 28.3 Å². The van der Waals surface area contributed by atoms with Gasteiger partial charge in [-0.3, -0.25) is 4.79 Å². The van der Waals surface area contributed by atoms with Crippen molar-refractivity contribution in [3.63, 3.8) is 0 Å². The highest BCUT2D eigenvalue weighted by atomic mass is 35.5. The van der Waals surface area contributed by atoms with Crippen molar-refractivity contribution < 1.29 is 17.6 Å². The van der Waals surface area contributed by atoms with Gasteiger partial charge in [0, 0.05) is 38.3 Å². The van der Waals surface area contributed by atoms with Crippen molar-refractivity contribution in [1.29, 1.82) is 0 Å². The summed E-state index contributed by atoms with van der Waals surface area (Å²) in [6.45, 7) is 1.42.